The minimum absolute atomic E-state index is 0.0647. The van der Waals surface area contributed by atoms with Crippen molar-refractivity contribution < 1.29 is 9.32 Å². The first kappa shape index (κ1) is 14.6. The van der Waals surface area contributed by atoms with Crippen LogP contribution in [-0.2, 0) is 0 Å². The Labute approximate surface area is 122 Å². The summed E-state index contributed by atoms with van der Waals surface area (Å²) in [6.45, 7) is 6.81. The maximum absolute atomic E-state index is 12.2. The summed E-state index contributed by atoms with van der Waals surface area (Å²) in [6, 6.07) is 1.98. The smallest absolute Gasteiger partial charge is 0.259 e. The standard InChI is InChI=1S/C14H19N3O2S/c1-8(2)4-6-16-14(18)10-11(17-19-13(10)15)12-9(3)5-7-20-12/h5,7-8H,4,6,15H2,1-3H3,(H,16,18). The van der Waals surface area contributed by atoms with Crippen LogP contribution in [0.2, 0.25) is 0 Å². The van der Waals surface area contributed by atoms with E-state index in [1.165, 1.54) is 11.3 Å². The number of anilines is 1. The van der Waals surface area contributed by atoms with Gasteiger partial charge in [0.05, 0.1) is 4.88 Å². The van der Waals surface area contributed by atoms with Crippen molar-refractivity contribution in [2.75, 3.05) is 12.3 Å². The number of nitrogens with two attached hydrogens (primary N) is 1. The van der Waals surface area contributed by atoms with Gasteiger partial charge < -0.3 is 15.6 Å². The van der Waals surface area contributed by atoms with Crippen LogP contribution in [0.1, 0.15) is 36.2 Å². The van der Waals surface area contributed by atoms with E-state index in [0.717, 1.165) is 16.9 Å². The van der Waals surface area contributed by atoms with E-state index in [1.54, 1.807) is 0 Å². The van der Waals surface area contributed by atoms with Gasteiger partial charge in [-0.1, -0.05) is 19.0 Å². The third kappa shape index (κ3) is 3.01. The Morgan fingerprint density at radius 2 is 2.30 bits per heavy atom. The topological polar surface area (TPSA) is 81.2 Å². The zero-order chi connectivity index (χ0) is 14.7. The molecule has 0 spiro atoms. The number of nitrogens with zero attached hydrogens (tertiary/aromatic N) is 1. The highest BCUT2D eigenvalue weighted by Gasteiger charge is 2.23. The van der Waals surface area contributed by atoms with E-state index < -0.39 is 0 Å². The van der Waals surface area contributed by atoms with Gasteiger partial charge in [0.25, 0.3) is 5.91 Å². The summed E-state index contributed by atoms with van der Waals surface area (Å²) in [5, 5.41) is 8.75. The summed E-state index contributed by atoms with van der Waals surface area (Å²) < 4.78 is 5.00. The normalized spacial score (nSPS) is 11.0. The molecule has 2 aromatic rings. The molecule has 1 amide bonds. The van der Waals surface area contributed by atoms with Gasteiger partial charge in [0.15, 0.2) is 0 Å². The molecule has 0 aliphatic rings. The lowest BCUT2D eigenvalue weighted by atomic mass is 10.1. The molecule has 2 rings (SSSR count). The van der Waals surface area contributed by atoms with E-state index in [-0.39, 0.29) is 11.8 Å². The van der Waals surface area contributed by atoms with Gasteiger partial charge in [-0.05, 0) is 36.3 Å². The van der Waals surface area contributed by atoms with Crippen LogP contribution in [0, 0.1) is 12.8 Å². The van der Waals surface area contributed by atoms with Crippen LogP contribution in [-0.4, -0.2) is 17.6 Å². The predicted octanol–water partition coefficient (Wildman–Crippen LogP) is 3.07. The fraction of sp³-hybridized carbons (Fsp3) is 0.429. The number of nitrogen functional groups attached to an aromatic ring is 1. The Morgan fingerprint density at radius 3 is 2.90 bits per heavy atom. The van der Waals surface area contributed by atoms with Crippen molar-refractivity contribution in [1.82, 2.24) is 10.5 Å². The second kappa shape index (κ2) is 6.09. The van der Waals surface area contributed by atoms with Gasteiger partial charge >= 0.3 is 0 Å². The van der Waals surface area contributed by atoms with Crippen molar-refractivity contribution in [3.8, 4) is 10.6 Å². The fourth-order valence-electron chi connectivity index (χ4n) is 1.86. The van der Waals surface area contributed by atoms with Crippen LogP contribution >= 0.6 is 11.3 Å². The molecule has 108 valence electrons. The number of hydrogen-bond acceptors (Lipinski definition) is 5. The first-order valence-corrected chi connectivity index (χ1v) is 7.46. The molecule has 0 radical (unpaired) electrons. The summed E-state index contributed by atoms with van der Waals surface area (Å²) in [7, 11) is 0. The molecule has 0 saturated heterocycles. The molecule has 5 nitrogen and oxygen atoms in total. The summed E-state index contributed by atoms with van der Waals surface area (Å²) >= 11 is 1.52. The van der Waals surface area contributed by atoms with Crippen molar-refractivity contribution in [3.63, 3.8) is 0 Å². The van der Waals surface area contributed by atoms with Crippen molar-refractivity contribution in [3.05, 3.63) is 22.6 Å². The van der Waals surface area contributed by atoms with Crippen molar-refractivity contribution in [2.24, 2.45) is 5.92 Å². The molecule has 2 heterocycles. The zero-order valence-corrected chi connectivity index (χ0v) is 12.7. The molecule has 0 aliphatic carbocycles. The van der Waals surface area contributed by atoms with Crippen molar-refractivity contribution in [2.45, 2.75) is 27.2 Å². The van der Waals surface area contributed by atoms with Gasteiger partial charge in [0.1, 0.15) is 11.3 Å². The van der Waals surface area contributed by atoms with Crippen LogP contribution in [0.4, 0.5) is 5.88 Å². The molecule has 20 heavy (non-hydrogen) atoms. The highest BCUT2D eigenvalue weighted by molar-refractivity contribution is 7.13. The van der Waals surface area contributed by atoms with Gasteiger partial charge in [-0.2, -0.15) is 0 Å². The monoisotopic (exact) mass is 293 g/mol. The van der Waals surface area contributed by atoms with E-state index in [9.17, 15) is 4.79 Å². The third-order valence-corrected chi connectivity index (χ3v) is 4.05. The van der Waals surface area contributed by atoms with Crippen LogP contribution in [0.3, 0.4) is 0 Å². The summed E-state index contributed by atoms with van der Waals surface area (Å²) in [6.07, 6.45) is 0.921. The van der Waals surface area contributed by atoms with E-state index >= 15 is 0 Å². The maximum Gasteiger partial charge on any atom is 0.259 e. The Kier molecular flexibility index (Phi) is 4.44. The second-order valence-corrected chi connectivity index (χ2v) is 6.06. The fourth-order valence-corrected chi connectivity index (χ4v) is 2.77. The lowest BCUT2D eigenvalue weighted by molar-refractivity contribution is 0.0953. The molecular formula is C14H19N3O2S. The zero-order valence-electron chi connectivity index (χ0n) is 11.9. The third-order valence-electron chi connectivity index (χ3n) is 3.03. The molecule has 2 aromatic heterocycles. The van der Waals surface area contributed by atoms with Gasteiger partial charge in [0, 0.05) is 6.54 Å². The van der Waals surface area contributed by atoms with Crippen LogP contribution in [0.5, 0.6) is 0 Å². The number of hydrogen-bond donors (Lipinski definition) is 2. The van der Waals surface area contributed by atoms with Crippen LogP contribution in [0.15, 0.2) is 16.0 Å². The first-order valence-electron chi connectivity index (χ1n) is 6.58. The van der Waals surface area contributed by atoms with E-state index in [2.05, 4.69) is 24.3 Å². The summed E-state index contributed by atoms with van der Waals surface area (Å²) in [4.78, 5) is 13.2. The minimum Gasteiger partial charge on any atom is -0.367 e. The molecule has 6 heteroatoms. The molecule has 0 aliphatic heterocycles. The summed E-state index contributed by atoms with van der Waals surface area (Å²) in [5.74, 6) is 0.371. The molecule has 0 saturated carbocycles. The summed E-state index contributed by atoms with van der Waals surface area (Å²) in [5.41, 5.74) is 7.66. The second-order valence-electron chi connectivity index (χ2n) is 5.14. The Hall–Kier alpha value is -1.82. The average molecular weight is 293 g/mol. The number of aromatic nitrogens is 1. The number of rotatable bonds is 5. The van der Waals surface area contributed by atoms with Gasteiger partial charge in [-0.15, -0.1) is 11.3 Å². The number of thiophene rings is 1. The van der Waals surface area contributed by atoms with Gasteiger partial charge in [-0.25, -0.2) is 0 Å². The molecule has 0 aromatic carbocycles. The molecule has 3 N–H and O–H groups in total. The van der Waals surface area contributed by atoms with Gasteiger partial charge in [0.2, 0.25) is 5.88 Å². The number of carbonyl (C=O) groups is 1. The average Bonchev–Trinajstić information content (AvgIpc) is 2.94. The number of amides is 1. The Morgan fingerprint density at radius 1 is 1.55 bits per heavy atom. The highest BCUT2D eigenvalue weighted by atomic mass is 32.1. The Balaban J connectivity index is 2.22. The van der Waals surface area contributed by atoms with Crippen LogP contribution in [0.25, 0.3) is 10.6 Å². The van der Waals surface area contributed by atoms with E-state index in [4.69, 9.17) is 10.3 Å². The molecule has 0 unspecified atom stereocenters. The van der Waals surface area contributed by atoms with Crippen molar-refractivity contribution in [1.29, 1.82) is 0 Å². The number of carbonyl (C=O) groups excluding carboxylic acids is 1. The van der Waals surface area contributed by atoms with E-state index in [1.807, 2.05) is 18.4 Å². The highest BCUT2D eigenvalue weighted by Crippen LogP contribution is 2.33. The SMILES string of the molecule is Cc1ccsc1-c1noc(N)c1C(=O)NCCC(C)C. The lowest BCUT2D eigenvalue weighted by Crippen LogP contribution is -2.26. The quantitative estimate of drug-likeness (QED) is 0.887. The minimum atomic E-state index is -0.229. The van der Waals surface area contributed by atoms with Crippen LogP contribution < -0.4 is 11.1 Å². The van der Waals surface area contributed by atoms with E-state index in [0.29, 0.717) is 23.7 Å². The molecule has 0 atom stereocenters. The predicted molar refractivity (Wildman–Crippen MR) is 80.8 cm³/mol. The maximum atomic E-state index is 12.2. The largest absolute Gasteiger partial charge is 0.367 e. The number of nitrogens with one attached hydrogen (secondary N) is 1. The van der Waals surface area contributed by atoms with Gasteiger partial charge in [-0.3, -0.25) is 4.79 Å². The molecule has 0 fully saturated rings. The Bertz CT molecular complexity index is 601. The lowest BCUT2D eigenvalue weighted by Gasteiger charge is -2.07. The molecule has 0 bridgehead atoms. The first-order chi connectivity index (χ1) is 9.50. The molecular weight excluding hydrogens is 274 g/mol. The van der Waals surface area contributed by atoms with Crippen molar-refractivity contribution >= 4 is 23.1 Å². The number of aryl methyl sites for hydroxylation is 1.